The Morgan fingerprint density at radius 3 is 2.43 bits per heavy atom. The lowest BCUT2D eigenvalue weighted by atomic mass is 9.94. The lowest BCUT2D eigenvalue weighted by Crippen LogP contribution is -2.47. The minimum absolute atomic E-state index is 0.0681. The zero-order valence-corrected chi connectivity index (χ0v) is 16.5. The van der Waals surface area contributed by atoms with E-state index in [-0.39, 0.29) is 12.5 Å². The summed E-state index contributed by atoms with van der Waals surface area (Å²) in [5.74, 6) is 0. The van der Waals surface area contributed by atoms with E-state index in [9.17, 15) is 26.7 Å². The van der Waals surface area contributed by atoms with Crippen molar-refractivity contribution >= 4 is 27.2 Å². The van der Waals surface area contributed by atoms with Gasteiger partial charge in [-0.3, -0.25) is 0 Å². The molecule has 154 valence electrons. The van der Waals surface area contributed by atoms with Crippen LogP contribution in [0.15, 0.2) is 42.5 Å². The lowest BCUT2D eigenvalue weighted by molar-refractivity contribution is -0.137. The third-order valence-corrected chi connectivity index (χ3v) is 7.83. The first-order valence-corrected chi connectivity index (χ1v) is 10.8. The summed E-state index contributed by atoms with van der Waals surface area (Å²) < 4.78 is 65.1. The molecule has 0 bridgehead atoms. The van der Waals surface area contributed by atoms with Gasteiger partial charge in [-0.2, -0.15) is 13.2 Å². The van der Waals surface area contributed by atoms with Crippen LogP contribution in [0.5, 0.6) is 0 Å². The third kappa shape index (κ3) is 4.62. The highest BCUT2D eigenvalue weighted by Crippen LogP contribution is 2.37. The average molecular weight is 436 g/mol. The van der Waals surface area contributed by atoms with Crippen molar-refractivity contribution in [2.75, 3.05) is 0 Å². The van der Waals surface area contributed by atoms with Crippen LogP contribution in [-0.4, -0.2) is 29.9 Å². The highest BCUT2D eigenvalue weighted by molar-refractivity contribution is 7.92. The fourth-order valence-corrected chi connectivity index (χ4v) is 5.09. The standard InChI is InChI=1S/C19H21ClF3NO3S/c20-18(28(26,27)24-16-4-6-17(25)7-5-16)10-8-13(9-11-18)14-2-1-3-15(12-14)19(21,22)23/h1-3,8-10,12,16-17,24-25H,4-7,11H2. The number of allylic oxidation sites excluding steroid dienone is 3. The van der Waals surface area contributed by atoms with Gasteiger partial charge in [-0.25, -0.2) is 13.1 Å². The summed E-state index contributed by atoms with van der Waals surface area (Å²) in [6, 6.07) is 4.57. The summed E-state index contributed by atoms with van der Waals surface area (Å²) in [6.45, 7) is 0. The number of aliphatic hydroxyl groups excluding tert-OH is 1. The molecule has 28 heavy (non-hydrogen) atoms. The van der Waals surface area contributed by atoms with Crippen molar-refractivity contribution in [3.05, 3.63) is 53.6 Å². The van der Waals surface area contributed by atoms with Crippen molar-refractivity contribution in [3.8, 4) is 0 Å². The fourth-order valence-electron chi connectivity index (χ4n) is 3.40. The van der Waals surface area contributed by atoms with Crippen molar-refractivity contribution in [1.29, 1.82) is 0 Å². The molecule has 2 aliphatic carbocycles. The van der Waals surface area contributed by atoms with E-state index in [2.05, 4.69) is 4.72 Å². The molecule has 0 heterocycles. The van der Waals surface area contributed by atoms with Crippen LogP contribution < -0.4 is 4.72 Å². The van der Waals surface area contributed by atoms with Crippen molar-refractivity contribution < 1.29 is 26.7 Å². The summed E-state index contributed by atoms with van der Waals surface area (Å²) in [5, 5.41) is 9.54. The molecule has 0 amide bonds. The molecule has 1 fully saturated rings. The van der Waals surface area contributed by atoms with E-state index in [4.69, 9.17) is 11.6 Å². The second kappa shape index (κ2) is 7.82. The van der Waals surface area contributed by atoms with E-state index < -0.39 is 32.1 Å². The quantitative estimate of drug-likeness (QED) is 0.696. The van der Waals surface area contributed by atoms with Gasteiger partial charge >= 0.3 is 6.18 Å². The first-order chi connectivity index (χ1) is 13.0. The van der Waals surface area contributed by atoms with E-state index in [0.29, 0.717) is 36.8 Å². The molecule has 0 aliphatic heterocycles. The number of hydrogen-bond donors (Lipinski definition) is 2. The average Bonchev–Trinajstić information content (AvgIpc) is 2.63. The largest absolute Gasteiger partial charge is 0.416 e. The molecule has 0 saturated heterocycles. The van der Waals surface area contributed by atoms with Crippen LogP contribution in [0.25, 0.3) is 5.57 Å². The molecule has 1 aromatic carbocycles. The highest BCUT2D eigenvalue weighted by Gasteiger charge is 2.42. The Bertz CT molecular complexity index is 890. The van der Waals surface area contributed by atoms with Crippen LogP contribution in [0.3, 0.4) is 0 Å². The second-order valence-electron chi connectivity index (χ2n) is 7.19. The van der Waals surface area contributed by atoms with Gasteiger partial charge in [-0.05, 0) is 55.0 Å². The van der Waals surface area contributed by atoms with Gasteiger partial charge in [0, 0.05) is 12.5 Å². The number of alkyl halides is 4. The zero-order chi connectivity index (χ0) is 20.6. The molecule has 9 heteroatoms. The summed E-state index contributed by atoms with van der Waals surface area (Å²) in [4.78, 5) is 0. The van der Waals surface area contributed by atoms with Gasteiger partial charge in [0.25, 0.3) is 0 Å². The molecule has 1 aromatic rings. The molecule has 1 atom stereocenters. The number of rotatable bonds is 4. The predicted octanol–water partition coefficient (Wildman–Crippen LogP) is 4.21. The highest BCUT2D eigenvalue weighted by atomic mass is 35.5. The normalized spacial score (nSPS) is 28.8. The van der Waals surface area contributed by atoms with Crippen LogP contribution in [0.2, 0.25) is 0 Å². The van der Waals surface area contributed by atoms with Crippen LogP contribution in [0, 0.1) is 0 Å². The number of benzene rings is 1. The monoisotopic (exact) mass is 435 g/mol. The lowest BCUT2D eigenvalue weighted by Gasteiger charge is -2.31. The van der Waals surface area contributed by atoms with Crippen LogP contribution in [-0.2, 0) is 16.2 Å². The molecule has 2 N–H and O–H groups in total. The smallest absolute Gasteiger partial charge is 0.393 e. The Balaban J connectivity index is 1.74. The summed E-state index contributed by atoms with van der Waals surface area (Å²) in [6.07, 6.45) is 1.47. The van der Waals surface area contributed by atoms with Gasteiger partial charge in [0.2, 0.25) is 10.0 Å². The van der Waals surface area contributed by atoms with Gasteiger partial charge in [0.05, 0.1) is 11.7 Å². The minimum atomic E-state index is -4.45. The number of aliphatic hydroxyl groups is 1. The minimum Gasteiger partial charge on any atom is -0.393 e. The van der Waals surface area contributed by atoms with Crippen molar-refractivity contribution in [2.24, 2.45) is 0 Å². The van der Waals surface area contributed by atoms with E-state index in [1.165, 1.54) is 30.4 Å². The summed E-state index contributed by atoms with van der Waals surface area (Å²) in [7, 11) is -3.91. The van der Waals surface area contributed by atoms with Crippen molar-refractivity contribution in [2.45, 2.75) is 54.6 Å². The molecule has 0 radical (unpaired) electrons. The zero-order valence-electron chi connectivity index (χ0n) is 14.9. The maximum absolute atomic E-state index is 12.9. The molecule has 4 nitrogen and oxygen atoms in total. The molecule has 1 unspecified atom stereocenters. The van der Waals surface area contributed by atoms with E-state index in [0.717, 1.165) is 12.1 Å². The fraction of sp³-hybridized carbons (Fsp3) is 0.474. The molecule has 1 saturated carbocycles. The predicted molar refractivity (Wildman–Crippen MR) is 102 cm³/mol. The summed E-state index contributed by atoms with van der Waals surface area (Å²) >= 11 is 6.36. The first-order valence-electron chi connectivity index (χ1n) is 8.96. The Hall–Kier alpha value is -1.35. The van der Waals surface area contributed by atoms with Crippen LogP contribution >= 0.6 is 11.6 Å². The van der Waals surface area contributed by atoms with E-state index in [1.54, 1.807) is 0 Å². The number of halogens is 4. The summed E-state index contributed by atoms with van der Waals surface area (Å²) in [5.41, 5.74) is 0.0607. The van der Waals surface area contributed by atoms with Gasteiger partial charge in [-0.1, -0.05) is 35.9 Å². The molecule has 0 aromatic heterocycles. The first kappa shape index (κ1) is 21.4. The Labute approximate surface area is 167 Å². The molecule has 0 spiro atoms. The third-order valence-electron chi connectivity index (χ3n) is 5.10. The van der Waals surface area contributed by atoms with Gasteiger partial charge in [0.1, 0.15) is 0 Å². The maximum Gasteiger partial charge on any atom is 0.416 e. The van der Waals surface area contributed by atoms with E-state index >= 15 is 0 Å². The number of hydrogen-bond acceptors (Lipinski definition) is 3. The SMILES string of the molecule is O=S(=O)(NC1CCC(O)CC1)C1(Cl)C=CC(c2cccc(C(F)(F)F)c2)=CC1. The molecular formula is C19H21ClF3NO3S. The Morgan fingerprint density at radius 1 is 1.18 bits per heavy atom. The number of nitrogens with one attached hydrogen (secondary N) is 1. The van der Waals surface area contributed by atoms with Gasteiger partial charge in [-0.15, -0.1) is 0 Å². The second-order valence-corrected chi connectivity index (χ2v) is 10.1. The van der Waals surface area contributed by atoms with Crippen molar-refractivity contribution in [3.63, 3.8) is 0 Å². The molecular weight excluding hydrogens is 415 g/mol. The van der Waals surface area contributed by atoms with Crippen LogP contribution in [0.4, 0.5) is 13.2 Å². The molecule has 2 aliphatic rings. The van der Waals surface area contributed by atoms with E-state index in [1.807, 2.05) is 0 Å². The van der Waals surface area contributed by atoms with Crippen molar-refractivity contribution in [1.82, 2.24) is 4.72 Å². The van der Waals surface area contributed by atoms with Gasteiger partial charge in [0.15, 0.2) is 4.21 Å². The Kier molecular flexibility index (Phi) is 5.96. The Morgan fingerprint density at radius 2 is 1.86 bits per heavy atom. The van der Waals surface area contributed by atoms with Gasteiger partial charge < -0.3 is 5.11 Å². The van der Waals surface area contributed by atoms with Crippen LogP contribution in [0.1, 0.15) is 43.2 Å². The number of sulfonamides is 1. The maximum atomic E-state index is 12.9. The molecule has 3 rings (SSSR count). The topological polar surface area (TPSA) is 66.4 Å².